The van der Waals surface area contributed by atoms with E-state index in [9.17, 15) is 9.18 Å². The van der Waals surface area contributed by atoms with E-state index < -0.39 is 0 Å². The summed E-state index contributed by atoms with van der Waals surface area (Å²) < 4.78 is 13.3. The topological polar surface area (TPSA) is 33.2 Å². The Labute approximate surface area is 140 Å². The summed E-state index contributed by atoms with van der Waals surface area (Å²) in [6.07, 6.45) is 0. The summed E-state index contributed by atoms with van der Waals surface area (Å²) in [5.74, 6) is -0.394. The lowest BCUT2D eigenvalue weighted by atomic mass is 10.0. The van der Waals surface area contributed by atoms with E-state index in [0.717, 1.165) is 27.7 Å². The third-order valence-electron chi connectivity index (χ3n) is 3.98. The van der Waals surface area contributed by atoms with Crippen LogP contribution in [0.25, 0.3) is 10.9 Å². The summed E-state index contributed by atoms with van der Waals surface area (Å²) in [7, 11) is 1.73. The average molecular weight is 322 g/mol. The summed E-state index contributed by atoms with van der Waals surface area (Å²) >= 11 is 0. The van der Waals surface area contributed by atoms with Crippen molar-refractivity contribution in [3.05, 3.63) is 76.7 Å². The molecule has 0 saturated heterocycles. The number of nitrogens with zero attached hydrogens (tertiary/aromatic N) is 2. The smallest absolute Gasteiger partial charge is 0.254 e. The first kappa shape index (κ1) is 16.1. The standard InChI is InChI=1S/C20H19FN2O/c1-13-7-8-19-17(9-13)18(10-14(2)22-19)20(24)23(3)12-15-5-4-6-16(21)11-15/h4-11H,12H2,1-3H3. The second-order valence-electron chi connectivity index (χ2n) is 6.12. The zero-order chi connectivity index (χ0) is 17.3. The Hall–Kier alpha value is -2.75. The second-order valence-corrected chi connectivity index (χ2v) is 6.12. The van der Waals surface area contributed by atoms with Crippen LogP contribution in [0.1, 0.15) is 27.2 Å². The largest absolute Gasteiger partial charge is 0.337 e. The number of aromatic nitrogens is 1. The Morgan fingerprint density at radius 2 is 1.92 bits per heavy atom. The lowest BCUT2D eigenvalue weighted by Gasteiger charge is -2.19. The van der Waals surface area contributed by atoms with Crippen LogP contribution in [-0.2, 0) is 6.54 Å². The molecule has 0 radical (unpaired) electrons. The minimum Gasteiger partial charge on any atom is -0.337 e. The molecule has 1 heterocycles. The zero-order valence-corrected chi connectivity index (χ0v) is 14.0. The van der Waals surface area contributed by atoms with E-state index in [1.807, 2.05) is 44.2 Å². The molecule has 0 atom stereocenters. The summed E-state index contributed by atoms with van der Waals surface area (Å²) in [6.45, 7) is 4.22. The molecule has 0 fully saturated rings. The van der Waals surface area contributed by atoms with Gasteiger partial charge in [0.25, 0.3) is 5.91 Å². The molecule has 3 rings (SSSR count). The van der Waals surface area contributed by atoms with Gasteiger partial charge in [-0.15, -0.1) is 0 Å². The van der Waals surface area contributed by atoms with Crippen LogP contribution in [0.4, 0.5) is 4.39 Å². The number of halogens is 1. The molecule has 0 aliphatic heterocycles. The first-order valence-electron chi connectivity index (χ1n) is 7.82. The van der Waals surface area contributed by atoms with Crippen molar-refractivity contribution in [3.8, 4) is 0 Å². The number of carbonyl (C=O) groups is 1. The van der Waals surface area contributed by atoms with E-state index in [-0.39, 0.29) is 11.7 Å². The molecule has 4 heteroatoms. The Kier molecular flexibility index (Phi) is 4.30. The van der Waals surface area contributed by atoms with E-state index in [1.165, 1.54) is 12.1 Å². The summed E-state index contributed by atoms with van der Waals surface area (Å²) in [4.78, 5) is 19.0. The summed E-state index contributed by atoms with van der Waals surface area (Å²) in [5.41, 5.74) is 4.07. The molecule has 3 aromatic rings. The monoisotopic (exact) mass is 322 g/mol. The van der Waals surface area contributed by atoms with Crippen LogP contribution in [0.5, 0.6) is 0 Å². The van der Waals surface area contributed by atoms with Crippen LogP contribution in [0, 0.1) is 19.7 Å². The highest BCUT2D eigenvalue weighted by Gasteiger charge is 2.16. The van der Waals surface area contributed by atoms with Crippen molar-refractivity contribution in [1.82, 2.24) is 9.88 Å². The van der Waals surface area contributed by atoms with E-state index in [0.29, 0.717) is 12.1 Å². The highest BCUT2D eigenvalue weighted by atomic mass is 19.1. The molecule has 122 valence electrons. The van der Waals surface area contributed by atoms with Crippen molar-refractivity contribution in [3.63, 3.8) is 0 Å². The molecule has 0 N–H and O–H groups in total. The molecule has 3 nitrogen and oxygen atoms in total. The number of carbonyl (C=O) groups excluding carboxylic acids is 1. The molecular weight excluding hydrogens is 303 g/mol. The molecule has 0 aliphatic rings. The van der Waals surface area contributed by atoms with Crippen molar-refractivity contribution >= 4 is 16.8 Å². The first-order valence-corrected chi connectivity index (χ1v) is 7.82. The van der Waals surface area contributed by atoms with Crippen molar-refractivity contribution < 1.29 is 9.18 Å². The van der Waals surface area contributed by atoms with Crippen LogP contribution in [0.3, 0.4) is 0 Å². The van der Waals surface area contributed by atoms with E-state index in [1.54, 1.807) is 18.0 Å². The van der Waals surface area contributed by atoms with Gasteiger partial charge in [-0.3, -0.25) is 9.78 Å². The van der Waals surface area contributed by atoms with Crippen LogP contribution < -0.4 is 0 Å². The maximum Gasteiger partial charge on any atom is 0.254 e. The van der Waals surface area contributed by atoms with Gasteiger partial charge in [0.05, 0.1) is 11.1 Å². The van der Waals surface area contributed by atoms with E-state index in [4.69, 9.17) is 0 Å². The Balaban J connectivity index is 1.97. The average Bonchev–Trinajstić information content (AvgIpc) is 2.54. The van der Waals surface area contributed by atoms with Crippen molar-refractivity contribution in [2.45, 2.75) is 20.4 Å². The number of pyridine rings is 1. The second kappa shape index (κ2) is 6.40. The fourth-order valence-electron chi connectivity index (χ4n) is 2.84. The normalized spacial score (nSPS) is 10.8. The van der Waals surface area contributed by atoms with Gasteiger partial charge in [0.1, 0.15) is 5.82 Å². The third kappa shape index (κ3) is 3.27. The molecule has 1 amide bonds. The summed E-state index contributed by atoms with van der Waals surface area (Å²) in [5, 5.41) is 0.844. The molecule has 0 aliphatic carbocycles. The lowest BCUT2D eigenvalue weighted by molar-refractivity contribution is 0.0786. The fraction of sp³-hybridized carbons (Fsp3) is 0.200. The highest BCUT2D eigenvalue weighted by molar-refractivity contribution is 6.06. The Morgan fingerprint density at radius 1 is 1.12 bits per heavy atom. The van der Waals surface area contributed by atoms with Crippen LogP contribution in [-0.4, -0.2) is 22.8 Å². The van der Waals surface area contributed by atoms with Crippen molar-refractivity contribution in [1.29, 1.82) is 0 Å². The molecule has 0 spiro atoms. The lowest BCUT2D eigenvalue weighted by Crippen LogP contribution is -2.26. The van der Waals surface area contributed by atoms with Gasteiger partial charge in [-0.1, -0.05) is 23.8 Å². The first-order chi connectivity index (χ1) is 11.4. The maximum absolute atomic E-state index is 13.3. The van der Waals surface area contributed by atoms with Gasteiger partial charge >= 0.3 is 0 Å². The summed E-state index contributed by atoms with van der Waals surface area (Å²) in [6, 6.07) is 14.0. The number of hydrogen-bond donors (Lipinski definition) is 0. The Bertz CT molecular complexity index is 921. The van der Waals surface area contributed by atoms with Gasteiger partial charge in [0, 0.05) is 24.7 Å². The SMILES string of the molecule is Cc1ccc2nc(C)cc(C(=O)N(C)Cc3cccc(F)c3)c2c1. The number of amides is 1. The van der Waals surface area contributed by atoms with Gasteiger partial charge in [-0.05, 0) is 49.7 Å². The zero-order valence-electron chi connectivity index (χ0n) is 14.0. The number of benzene rings is 2. The van der Waals surface area contributed by atoms with Crippen molar-refractivity contribution in [2.75, 3.05) is 7.05 Å². The quantitative estimate of drug-likeness (QED) is 0.722. The van der Waals surface area contributed by atoms with Gasteiger partial charge in [0.2, 0.25) is 0 Å². The minimum atomic E-state index is -0.297. The molecule has 0 saturated carbocycles. The number of aryl methyl sites for hydroxylation is 2. The van der Waals surface area contributed by atoms with Gasteiger partial charge in [-0.2, -0.15) is 0 Å². The molecule has 1 aromatic heterocycles. The molecule has 0 unspecified atom stereocenters. The van der Waals surface area contributed by atoms with Gasteiger partial charge < -0.3 is 4.90 Å². The highest BCUT2D eigenvalue weighted by Crippen LogP contribution is 2.22. The number of fused-ring (bicyclic) bond motifs is 1. The Morgan fingerprint density at radius 3 is 2.67 bits per heavy atom. The predicted molar refractivity (Wildman–Crippen MR) is 93.4 cm³/mol. The molecule has 24 heavy (non-hydrogen) atoms. The van der Waals surface area contributed by atoms with Crippen LogP contribution in [0.2, 0.25) is 0 Å². The van der Waals surface area contributed by atoms with Gasteiger partial charge in [-0.25, -0.2) is 4.39 Å². The number of hydrogen-bond acceptors (Lipinski definition) is 2. The fourth-order valence-corrected chi connectivity index (χ4v) is 2.84. The van der Waals surface area contributed by atoms with Crippen LogP contribution in [0.15, 0.2) is 48.5 Å². The van der Waals surface area contributed by atoms with E-state index >= 15 is 0 Å². The van der Waals surface area contributed by atoms with Crippen molar-refractivity contribution in [2.24, 2.45) is 0 Å². The number of rotatable bonds is 3. The van der Waals surface area contributed by atoms with Gasteiger partial charge in [0.15, 0.2) is 0 Å². The molecular formula is C20H19FN2O. The third-order valence-corrected chi connectivity index (χ3v) is 3.98. The molecule has 0 bridgehead atoms. The minimum absolute atomic E-state index is 0.0969. The molecule has 2 aromatic carbocycles. The maximum atomic E-state index is 13.3. The van der Waals surface area contributed by atoms with E-state index in [2.05, 4.69) is 4.98 Å². The predicted octanol–water partition coefficient (Wildman–Crippen LogP) is 4.26. The van der Waals surface area contributed by atoms with Crippen LogP contribution >= 0.6 is 0 Å².